The molecule has 0 spiro atoms. The van der Waals surface area contributed by atoms with Gasteiger partial charge in [0.25, 0.3) is 0 Å². The summed E-state index contributed by atoms with van der Waals surface area (Å²) in [5.74, 6) is 1.24. The lowest BCUT2D eigenvalue weighted by molar-refractivity contribution is 0.0342. The van der Waals surface area contributed by atoms with Gasteiger partial charge in [0.1, 0.15) is 29.0 Å². The summed E-state index contributed by atoms with van der Waals surface area (Å²) in [6.07, 6.45) is 4.53. The molecule has 2 heterocycles. The average molecular weight is 667 g/mol. The average Bonchev–Trinajstić information content (AvgIpc) is 3.06. The van der Waals surface area contributed by atoms with Crippen molar-refractivity contribution in [1.29, 1.82) is 10.8 Å². The van der Waals surface area contributed by atoms with Crippen LogP contribution in [-0.2, 0) is 11.3 Å². The van der Waals surface area contributed by atoms with Crippen molar-refractivity contribution in [3.63, 3.8) is 0 Å². The highest BCUT2D eigenvalue weighted by atomic mass is 16.5. The zero-order valence-electron chi connectivity index (χ0n) is 29.3. The van der Waals surface area contributed by atoms with Gasteiger partial charge in [-0.05, 0) is 53.8 Å². The maximum Gasteiger partial charge on any atom is 0.320 e. The number of allylic oxidation sites excluding steroid dienone is 1. The number of nitrogens with zero attached hydrogens (tertiary/aromatic N) is 3. The van der Waals surface area contributed by atoms with Crippen molar-refractivity contribution in [1.82, 2.24) is 20.1 Å². The number of amidine groups is 1. The fraction of sp³-hybridized carbons (Fsp3) is 0.421. The molecule has 5 rings (SSSR count). The number of pyridine rings is 1. The first-order valence-corrected chi connectivity index (χ1v) is 17.0. The Balaban J connectivity index is 1.33. The van der Waals surface area contributed by atoms with Crippen molar-refractivity contribution in [3.8, 4) is 5.75 Å². The van der Waals surface area contributed by atoms with E-state index in [4.69, 9.17) is 31.0 Å². The monoisotopic (exact) mass is 666 g/mol. The van der Waals surface area contributed by atoms with Crippen molar-refractivity contribution in [2.45, 2.75) is 66.2 Å². The number of benzene rings is 2. The van der Waals surface area contributed by atoms with Gasteiger partial charge in [-0.25, -0.2) is 9.79 Å². The first-order valence-electron chi connectivity index (χ1n) is 17.0. The number of morpholine rings is 1. The van der Waals surface area contributed by atoms with Gasteiger partial charge in [-0.3, -0.25) is 25.6 Å². The van der Waals surface area contributed by atoms with Gasteiger partial charge in [-0.1, -0.05) is 71.0 Å². The molecular weight excluding hydrogens is 616 g/mol. The second-order valence-electron chi connectivity index (χ2n) is 14.0. The van der Waals surface area contributed by atoms with Crippen LogP contribution in [0.15, 0.2) is 83.6 Å². The molecule has 1 fully saturated rings. The van der Waals surface area contributed by atoms with E-state index in [9.17, 15) is 4.79 Å². The van der Waals surface area contributed by atoms with Gasteiger partial charge in [-0.2, -0.15) is 0 Å². The fourth-order valence-electron chi connectivity index (χ4n) is 5.87. The van der Waals surface area contributed by atoms with E-state index < -0.39 is 0 Å². The predicted octanol–water partition coefficient (Wildman–Crippen LogP) is 6.15. The van der Waals surface area contributed by atoms with Gasteiger partial charge in [0.15, 0.2) is 0 Å². The number of carbonyl (C=O) groups excluding carboxylic acids is 1. The molecule has 3 aromatic rings. The van der Waals surface area contributed by atoms with E-state index in [0.717, 1.165) is 55.2 Å². The molecule has 1 aromatic heterocycles. The summed E-state index contributed by atoms with van der Waals surface area (Å²) in [5, 5.41) is 22.8. The van der Waals surface area contributed by atoms with Crippen LogP contribution in [0.5, 0.6) is 5.75 Å². The number of aromatic nitrogens is 1. The molecule has 2 amide bonds. The molecule has 6 N–H and O–H groups in total. The van der Waals surface area contributed by atoms with E-state index in [1.165, 1.54) is 0 Å². The number of aliphatic imine (C=N–C) groups is 1. The molecule has 49 heavy (non-hydrogen) atoms. The highest BCUT2D eigenvalue weighted by Crippen LogP contribution is 2.38. The Kier molecular flexibility index (Phi) is 11.4. The van der Waals surface area contributed by atoms with Gasteiger partial charge in [0.05, 0.1) is 31.1 Å². The molecule has 1 saturated heterocycles. The van der Waals surface area contributed by atoms with Crippen molar-refractivity contribution >= 4 is 23.4 Å². The molecule has 0 saturated carbocycles. The Morgan fingerprint density at radius 1 is 1.08 bits per heavy atom. The number of hydrogen-bond acceptors (Lipinski definition) is 8. The van der Waals surface area contributed by atoms with Crippen LogP contribution in [0.25, 0.3) is 0 Å². The molecule has 260 valence electrons. The minimum atomic E-state index is -0.375. The second kappa shape index (κ2) is 15.7. The fourth-order valence-corrected chi connectivity index (χ4v) is 5.87. The lowest BCUT2D eigenvalue weighted by atomic mass is 9.85. The third-order valence-electron chi connectivity index (χ3n) is 8.82. The molecule has 2 aromatic carbocycles. The highest BCUT2D eigenvalue weighted by molar-refractivity contribution is 6.05. The van der Waals surface area contributed by atoms with E-state index in [-0.39, 0.29) is 35.0 Å². The van der Waals surface area contributed by atoms with Crippen LogP contribution in [0.3, 0.4) is 0 Å². The lowest BCUT2D eigenvalue weighted by Crippen LogP contribution is -2.42. The number of carbonyl (C=O) groups is 1. The van der Waals surface area contributed by atoms with Crippen molar-refractivity contribution < 1.29 is 14.3 Å². The summed E-state index contributed by atoms with van der Waals surface area (Å²) < 4.78 is 13.5. The SMILES string of the molecule is CC(C)C(=N)n1cc(OC2CCC(NC(=O)NC(/C=C(\N)C(C)(C)C)=Nc3cccc(CN4CCOCC4)c3)c3ccccc32)ccc1=N. The van der Waals surface area contributed by atoms with E-state index in [0.29, 0.717) is 36.0 Å². The summed E-state index contributed by atoms with van der Waals surface area (Å²) in [7, 11) is 0. The standard InChI is InChI=1S/C38H50N8O3/c1-25(2)36(41)46-24-28(13-16-34(46)40)49-32-15-14-31(29-11-6-7-12-30(29)32)43-37(47)44-35(22-33(39)38(3,4)5)42-27-10-8-9-26(21-27)23-45-17-19-48-20-18-45/h6-13,16,21-22,24-25,31-32,40-41H,14-15,17-20,23,39H2,1-5H3,(H2,42,43,44,47)/b33-22-,40-34?,41-36?. The molecule has 0 bridgehead atoms. The van der Waals surface area contributed by atoms with Gasteiger partial charge >= 0.3 is 6.03 Å². The summed E-state index contributed by atoms with van der Waals surface area (Å²) in [6, 6.07) is 18.8. The second-order valence-corrected chi connectivity index (χ2v) is 14.0. The summed E-state index contributed by atoms with van der Waals surface area (Å²) >= 11 is 0. The van der Waals surface area contributed by atoms with E-state index in [1.807, 2.05) is 77.1 Å². The van der Waals surface area contributed by atoms with Gasteiger partial charge in [0.2, 0.25) is 0 Å². The number of fused-ring (bicyclic) bond motifs is 1. The quantitative estimate of drug-likeness (QED) is 0.144. The van der Waals surface area contributed by atoms with Crippen LogP contribution < -0.4 is 26.6 Å². The van der Waals surface area contributed by atoms with Gasteiger partial charge in [-0.15, -0.1) is 0 Å². The third kappa shape index (κ3) is 9.45. The summed E-state index contributed by atoms with van der Waals surface area (Å²) in [4.78, 5) is 20.8. The maximum absolute atomic E-state index is 13.6. The molecule has 2 unspecified atom stereocenters. The molecule has 1 aliphatic heterocycles. The van der Waals surface area contributed by atoms with Crippen molar-refractivity contribution in [2.24, 2.45) is 22.1 Å². The first-order chi connectivity index (χ1) is 23.4. The van der Waals surface area contributed by atoms with E-state index in [2.05, 4.69) is 21.6 Å². The van der Waals surface area contributed by atoms with Gasteiger partial charge < -0.3 is 20.5 Å². The lowest BCUT2D eigenvalue weighted by Gasteiger charge is -2.32. The number of urea groups is 1. The van der Waals surface area contributed by atoms with E-state index >= 15 is 0 Å². The Bertz CT molecular complexity index is 1760. The topological polar surface area (TPSA) is 154 Å². The molecule has 1 aliphatic carbocycles. The smallest absolute Gasteiger partial charge is 0.320 e. The van der Waals surface area contributed by atoms with E-state index in [1.54, 1.807) is 29.0 Å². The highest BCUT2D eigenvalue weighted by Gasteiger charge is 2.30. The van der Waals surface area contributed by atoms with Crippen molar-refractivity contribution in [3.05, 3.63) is 101 Å². The minimum Gasteiger partial charge on any atom is -0.484 e. The van der Waals surface area contributed by atoms with Crippen LogP contribution >= 0.6 is 0 Å². The minimum absolute atomic E-state index is 0.0331. The molecular formula is C38H50N8O3. The molecule has 0 radical (unpaired) electrons. The number of ether oxygens (including phenoxy) is 2. The number of hydrogen-bond donors (Lipinski definition) is 5. The predicted molar refractivity (Wildman–Crippen MR) is 193 cm³/mol. The zero-order valence-corrected chi connectivity index (χ0v) is 29.3. The zero-order chi connectivity index (χ0) is 35.1. The molecule has 11 nitrogen and oxygen atoms in total. The van der Waals surface area contributed by atoms with Crippen LogP contribution in [0.4, 0.5) is 10.5 Å². The third-order valence-corrected chi connectivity index (χ3v) is 8.82. The Morgan fingerprint density at radius 3 is 2.53 bits per heavy atom. The van der Waals surface area contributed by atoms with Crippen LogP contribution in [-0.4, -0.2) is 53.5 Å². The molecule has 2 aliphatic rings. The van der Waals surface area contributed by atoms with Crippen LogP contribution in [0.1, 0.15) is 76.3 Å². The molecule has 11 heteroatoms. The van der Waals surface area contributed by atoms with Crippen LogP contribution in [0.2, 0.25) is 0 Å². The Hall–Kier alpha value is -4.74. The number of amides is 2. The molecule has 2 atom stereocenters. The summed E-state index contributed by atoms with van der Waals surface area (Å²) in [5.41, 5.74) is 10.8. The van der Waals surface area contributed by atoms with Crippen molar-refractivity contribution in [2.75, 3.05) is 26.3 Å². The largest absolute Gasteiger partial charge is 0.484 e. The maximum atomic E-state index is 13.6. The Labute approximate surface area is 289 Å². The van der Waals surface area contributed by atoms with Gasteiger partial charge in [0, 0.05) is 42.7 Å². The summed E-state index contributed by atoms with van der Waals surface area (Å²) in [6.45, 7) is 14.0. The Morgan fingerprint density at radius 2 is 1.82 bits per heavy atom. The number of rotatable bonds is 8. The number of nitrogens with one attached hydrogen (secondary N) is 4. The first kappa shape index (κ1) is 35.6. The normalized spacial score (nSPS) is 18.9. The number of nitrogens with two attached hydrogens (primary N) is 1. The van der Waals surface area contributed by atoms with Crippen LogP contribution in [0, 0.1) is 22.2 Å².